The predicted molar refractivity (Wildman–Crippen MR) is 127 cm³/mol. The molecule has 0 saturated heterocycles. The molecule has 6 rings (SSSR count). The van der Waals surface area contributed by atoms with Gasteiger partial charge in [-0.25, -0.2) is 15.0 Å². The number of aromatic nitrogens is 5. The van der Waals surface area contributed by atoms with E-state index < -0.39 is 0 Å². The molecule has 0 spiro atoms. The number of rotatable bonds is 3. The third-order valence-corrected chi connectivity index (χ3v) is 6.10. The Bertz CT molecular complexity index is 1640. The highest BCUT2D eigenvalue weighted by molar-refractivity contribution is 7.13. The van der Waals surface area contributed by atoms with Crippen LogP contribution in [0.3, 0.4) is 0 Å². The monoisotopic (exact) mass is 433 g/mol. The molecule has 32 heavy (non-hydrogen) atoms. The first-order valence-corrected chi connectivity index (χ1v) is 10.9. The summed E-state index contributed by atoms with van der Waals surface area (Å²) < 4.78 is 0. The molecule has 1 N–H and O–H groups in total. The highest BCUT2D eigenvalue weighted by Gasteiger charge is 2.18. The summed E-state index contributed by atoms with van der Waals surface area (Å²) in [6, 6.07) is 19.7. The fraction of sp³-hybridized carbons (Fsp3) is 0. The van der Waals surface area contributed by atoms with Crippen molar-refractivity contribution in [2.45, 2.75) is 0 Å². The lowest BCUT2D eigenvalue weighted by Gasteiger charge is -2.11. The first-order valence-electron chi connectivity index (χ1n) is 10.0. The summed E-state index contributed by atoms with van der Waals surface area (Å²) in [5, 5.41) is 3.49. The second-order valence-corrected chi connectivity index (χ2v) is 8.16. The van der Waals surface area contributed by atoms with Gasteiger partial charge in [-0.3, -0.25) is 9.78 Å². The van der Waals surface area contributed by atoms with Crippen LogP contribution < -0.4 is 5.43 Å². The summed E-state index contributed by atoms with van der Waals surface area (Å²) in [7, 11) is 0. The molecule has 0 aliphatic carbocycles. The van der Waals surface area contributed by atoms with Crippen LogP contribution in [0, 0.1) is 0 Å². The Morgan fingerprint density at radius 2 is 1.69 bits per heavy atom. The van der Waals surface area contributed by atoms with Crippen molar-refractivity contribution in [3.05, 3.63) is 94.9 Å². The van der Waals surface area contributed by atoms with E-state index in [1.807, 2.05) is 66.0 Å². The third kappa shape index (κ3) is 3.07. The Morgan fingerprint density at radius 3 is 2.53 bits per heavy atom. The van der Waals surface area contributed by atoms with Crippen molar-refractivity contribution in [1.82, 2.24) is 24.9 Å². The van der Waals surface area contributed by atoms with Crippen molar-refractivity contribution >= 4 is 33.4 Å². The van der Waals surface area contributed by atoms with E-state index in [-0.39, 0.29) is 5.43 Å². The van der Waals surface area contributed by atoms with Gasteiger partial charge in [-0.2, -0.15) is 0 Å². The molecule has 0 radical (unpaired) electrons. The van der Waals surface area contributed by atoms with Crippen LogP contribution in [0.2, 0.25) is 0 Å². The molecule has 0 aliphatic rings. The molecule has 6 nitrogen and oxygen atoms in total. The SMILES string of the molecule is O=c1c(-c2nccs2)c[nH]c2nc(-c3ccccc3)c(-c3ccc4ncccc4c3)nc12. The van der Waals surface area contributed by atoms with Crippen LogP contribution in [0.25, 0.3) is 55.2 Å². The van der Waals surface area contributed by atoms with Crippen molar-refractivity contribution in [1.29, 1.82) is 0 Å². The summed E-state index contributed by atoms with van der Waals surface area (Å²) in [5.41, 5.74) is 5.09. The van der Waals surface area contributed by atoms with Gasteiger partial charge < -0.3 is 4.98 Å². The van der Waals surface area contributed by atoms with Gasteiger partial charge in [-0.1, -0.05) is 42.5 Å². The van der Waals surface area contributed by atoms with Crippen LogP contribution in [0.5, 0.6) is 0 Å². The first kappa shape index (κ1) is 18.5. The van der Waals surface area contributed by atoms with Gasteiger partial charge in [-0.05, 0) is 18.2 Å². The second kappa shape index (κ2) is 7.47. The molecule has 7 heteroatoms. The maximum atomic E-state index is 13.3. The summed E-state index contributed by atoms with van der Waals surface area (Å²) >= 11 is 1.41. The van der Waals surface area contributed by atoms with Gasteiger partial charge in [0, 0.05) is 40.5 Å². The van der Waals surface area contributed by atoms with Gasteiger partial charge in [0.15, 0.2) is 11.2 Å². The number of fused-ring (bicyclic) bond motifs is 2. The van der Waals surface area contributed by atoms with E-state index in [1.54, 1.807) is 18.6 Å². The fourth-order valence-electron chi connectivity index (χ4n) is 3.76. The van der Waals surface area contributed by atoms with Crippen LogP contribution in [0.15, 0.2) is 89.4 Å². The Kier molecular flexibility index (Phi) is 4.33. The highest BCUT2D eigenvalue weighted by atomic mass is 32.1. The molecule has 0 unspecified atom stereocenters. The smallest absolute Gasteiger partial charge is 0.219 e. The average Bonchev–Trinajstić information content (AvgIpc) is 3.39. The van der Waals surface area contributed by atoms with E-state index >= 15 is 0 Å². The first-order chi connectivity index (χ1) is 15.8. The number of benzene rings is 2. The molecule has 2 aromatic carbocycles. The summed E-state index contributed by atoms with van der Waals surface area (Å²) in [6.07, 6.45) is 5.11. The van der Waals surface area contributed by atoms with Crippen molar-refractivity contribution < 1.29 is 0 Å². The lowest BCUT2D eigenvalue weighted by atomic mass is 10.0. The maximum absolute atomic E-state index is 13.3. The van der Waals surface area contributed by atoms with Crippen molar-refractivity contribution in [3.8, 4) is 33.1 Å². The number of thiazole rings is 1. The molecule has 152 valence electrons. The molecular formula is C25H15N5OS. The van der Waals surface area contributed by atoms with Gasteiger partial charge in [0.1, 0.15) is 5.01 Å². The molecule has 0 bridgehead atoms. The zero-order chi connectivity index (χ0) is 21.5. The fourth-order valence-corrected chi connectivity index (χ4v) is 4.42. The lowest BCUT2D eigenvalue weighted by molar-refractivity contribution is 1.21. The van der Waals surface area contributed by atoms with Gasteiger partial charge in [0.2, 0.25) is 5.43 Å². The number of hydrogen-bond donors (Lipinski definition) is 1. The van der Waals surface area contributed by atoms with Crippen LogP contribution in [-0.4, -0.2) is 24.9 Å². The van der Waals surface area contributed by atoms with Crippen LogP contribution in [0.4, 0.5) is 0 Å². The number of nitrogens with one attached hydrogen (secondary N) is 1. The third-order valence-electron chi connectivity index (χ3n) is 5.30. The predicted octanol–water partition coefficient (Wildman–Crippen LogP) is 5.32. The van der Waals surface area contributed by atoms with Gasteiger partial charge in [0.25, 0.3) is 0 Å². The molecule has 0 atom stereocenters. The largest absolute Gasteiger partial charge is 0.344 e. The minimum atomic E-state index is -0.190. The number of hydrogen-bond acceptors (Lipinski definition) is 6. The number of nitrogens with zero attached hydrogens (tertiary/aromatic N) is 4. The number of aromatic amines is 1. The van der Waals surface area contributed by atoms with Crippen LogP contribution >= 0.6 is 11.3 Å². The Labute approximate surface area is 186 Å². The molecule has 4 heterocycles. The van der Waals surface area contributed by atoms with E-state index in [0.717, 1.165) is 22.0 Å². The summed E-state index contributed by atoms with van der Waals surface area (Å²) in [5.74, 6) is 0. The van der Waals surface area contributed by atoms with E-state index in [9.17, 15) is 4.79 Å². The van der Waals surface area contributed by atoms with Gasteiger partial charge >= 0.3 is 0 Å². The zero-order valence-electron chi connectivity index (χ0n) is 16.7. The van der Waals surface area contributed by atoms with E-state index in [4.69, 9.17) is 9.97 Å². The van der Waals surface area contributed by atoms with Crippen LogP contribution in [0.1, 0.15) is 0 Å². The Hall–Kier alpha value is -4.23. The van der Waals surface area contributed by atoms with E-state index in [2.05, 4.69) is 15.0 Å². The van der Waals surface area contributed by atoms with E-state index in [1.165, 1.54) is 11.3 Å². The number of H-pyrrole nitrogens is 1. The Balaban J connectivity index is 1.66. The highest BCUT2D eigenvalue weighted by Crippen LogP contribution is 2.32. The standard InChI is InChI=1S/C25H15N5OS/c31-23-18(25-27-11-12-32-25)14-28-24-22(23)29-21(20(30-24)15-5-2-1-3-6-15)17-8-9-19-16(13-17)7-4-10-26-19/h1-14H,(H,28,30,31). The Morgan fingerprint density at radius 1 is 0.812 bits per heavy atom. The zero-order valence-corrected chi connectivity index (χ0v) is 17.5. The molecule has 4 aromatic heterocycles. The van der Waals surface area contributed by atoms with Gasteiger partial charge in [0.05, 0.1) is 22.5 Å². The van der Waals surface area contributed by atoms with Crippen molar-refractivity contribution in [2.24, 2.45) is 0 Å². The second-order valence-electron chi connectivity index (χ2n) is 7.26. The average molecular weight is 433 g/mol. The molecule has 0 fully saturated rings. The quantitative estimate of drug-likeness (QED) is 0.408. The van der Waals surface area contributed by atoms with E-state index in [0.29, 0.717) is 33.1 Å². The lowest BCUT2D eigenvalue weighted by Crippen LogP contribution is -2.10. The maximum Gasteiger partial charge on any atom is 0.219 e. The van der Waals surface area contributed by atoms with Crippen molar-refractivity contribution in [2.75, 3.05) is 0 Å². The van der Waals surface area contributed by atoms with Crippen molar-refractivity contribution in [3.63, 3.8) is 0 Å². The molecule has 0 amide bonds. The summed E-state index contributed by atoms with van der Waals surface area (Å²) in [4.78, 5) is 34.8. The molecule has 0 aliphatic heterocycles. The summed E-state index contributed by atoms with van der Waals surface area (Å²) in [6.45, 7) is 0. The molecular weight excluding hydrogens is 418 g/mol. The minimum Gasteiger partial charge on any atom is -0.344 e. The van der Waals surface area contributed by atoms with Gasteiger partial charge in [-0.15, -0.1) is 11.3 Å². The molecule has 0 saturated carbocycles. The molecule has 6 aromatic rings. The minimum absolute atomic E-state index is 0.190. The van der Waals surface area contributed by atoms with Crippen LogP contribution in [-0.2, 0) is 0 Å². The topological polar surface area (TPSA) is 84.4 Å². The number of pyridine rings is 2. The normalized spacial score (nSPS) is 11.2.